The first-order valence-electron chi connectivity index (χ1n) is 6.54. The molecule has 0 saturated carbocycles. The van der Waals surface area contributed by atoms with Gasteiger partial charge in [-0.2, -0.15) is 0 Å². The van der Waals surface area contributed by atoms with Gasteiger partial charge >= 0.3 is 0 Å². The quantitative estimate of drug-likeness (QED) is 0.296. The maximum absolute atomic E-state index is 11.5. The summed E-state index contributed by atoms with van der Waals surface area (Å²) in [5.74, 6) is 1.13. The van der Waals surface area contributed by atoms with Crippen molar-refractivity contribution in [1.29, 1.82) is 0 Å². The van der Waals surface area contributed by atoms with E-state index in [9.17, 15) is 4.79 Å². The first-order valence-corrected chi connectivity index (χ1v) is 6.54. The number of halogens is 1. The zero-order valence-corrected chi connectivity index (χ0v) is 14.6. The third kappa shape index (κ3) is 7.68. The van der Waals surface area contributed by atoms with E-state index in [1.54, 1.807) is 20.2 Å². The summed E-state index contributed by atoms with van der Waals surface area (Å²) in [6.45, 7) is 6.83. The number of carbonyl (C=O) groups excluding carboxylic acids is 1. The van der Waals surface area contributed by atoms with Gasteiger partial charge in [0, 0.05) is 39.7 Å². The number of carbonyl (C=O) groups is 1. The minimum Gasteiger partial charge on any atom is -0.381 e. The van der Waals surface area contributed by atoms with Gasteiger partial charge in [-0.3, -0.25) is 4.79 Å². The first kappa shape index (κ1) is 19.2. The zero-order chi connectivity index (χ0) is 14.1. The number of hydrogen-bond acceptors (Lipinski definition) is 3. The molecule has 0 aromatic heterocycles. The number of nitrogens with one attached hydrogen (secondary N) is 2. The highest BCUT2D eigenvalue weighted by Gasteiger charge is 2.15. The SMILES string of the molecule is C=CCNC(=NCC(=O)N(C)C)NCC1CCOC1.I. The minimum absolute atomic E-state index is 0. The summed E-state index contributed by atoms with van der Waals surface area (Å²) in [6, 6.07) is 0. The Morgan fingerprint density at radius 3 is 2.80 bits per heavy atom. The number of amides is 1. The Kier molecular flexibility index (Phi) is 10.4. The Labute approximate surface area is 138 Å². The van der Waals surface area contributed by atoms with E-state index in [0.717, 1.165) is 26.2 Å². The zero-order valence-electron chi connectivity index (χ0n) is 12.2. The molecule has 2 N–H and O–H groups in total. The lowest BCUT2D eigenvalue weighted by Crippen LogP contribution is -2.41. The Morgan fingerprint density at radius 2 is 2.25 bits per heavy atom. The molecule has 0 aliphatic carbocycles. The molecule has 1 unspecified atom stereocenters. The van der Waals surface area contributed by atoms with Crippen molar-refractivity contribution in [2.75, 3.05) is 46.9 Å². The number of guanidine groups is 1. The van der Waals surface area contributed by atoms with Gasteiger partial charge in [0.05, 0.1) is 6.61 Å². The largest absolute Gasteiger partial charge is 0.381 e. The molecule has 0 spiro atoms. The molecular formula is C13H25IN4O2. The van der Waals surface area contributed by atoms with Crippen LogP contribution < -0.4 is 10.6 Å². The molecule has 1 heterocycles. The topological polar surface area (TPSA) is 66.0 Å². The fraction of sp³-hybridized carbons (Fsp3) is 0.692. The number of aliphatic imine (C=N–C) groups is 1. The van der Waals surface area contributed by atoms with Crippen molar-refractivity contribution in [2.45, 2.75) is 6.42 Å². The molecule has 6 nitrogen and oxygen atoms in total. The highest BCUT2D eigenvalue weighted by Crippen LogP contribution is 2.10. The summed E-state index contributed by atoms with van der Waals surface area (Å²) < 4.78 is 5.32. The fourth-order valence-corrected chi connectivity index (χ4v) is 1.62. The van der Waals surface area contributed by atoms with Crippen LogP contribution in [0.15, 0.2) is 17.6 Å². The van der Waals surface area contributed by atoms with Gasteiger partial charge in [-0.05, 0) is 6.42 Å². The van der Waals surface area contributed by atoms with Crippen LogP contribution in [0.4, 0.5) is 0 Å². The molecular weight excluding hydrogens is 371 g/mol. The monoisotopic (exact) mass is 396 g/mol. The van der Waals surface area contributed by atoms with Gasteiger partial charge < -0.3 is 20.3 Å². The van der Waals surface area contributed by atoms with E-state index in [2.05, 4.69) is 22.2 Å². The van der Waals surface area contributed by atoms with Crippen molar-refractivity contribution in [2.24, 2.45) is 10.9 Å². The number of likely N-dealkylation sites (N-methyl/N-ethyl adjacent to an activating group) is 1. The van der Waals surface area contributed by atoms with Crippen LogP contribution in [-0.2, 0) is 9.53 Å². The van der Waals surface area contributed by atoms with Gasteiger partial charge in [0.2, 0.25) is 5.91 Å². The highest BCUT2D eigenvalue weighted by atomic mass is 127. The fourth-order valence-electron chi connectivity index (χ4n) is 1.62. The van der Waals surface area contributed by atoms with E-state index >= 15 is 0 Å². The lowest BCUT2D eigenvalue weighted by Gasteiger charge is -2.14. The van der Waals surface area contributed by atoms with Crippen LogP contribution in [0.25, 0.3) is 0 Å². The van der Waals surface area contributed by atoms with Crippen LogP contribution in [0.2, 0.25) is 0 Å². The van der Waals surface area contributed by atoms with Crippen LogP contribution >= 0.6 is 24.0 Å². The molecule has 20 heavy (non-hydrogen) atoms. The number of ether oxygens (including phenoxy) is 1. The van der Waals surface area contributed by atoms with E-state index in [4.69, 9.17) is 4.74 Å². The molecule has 1 rings (SSSR count). The van der Waals surface area contributed by atoms with Crippen LogP contribution in [0.5, 0.6) is 0 Å². The predicted molar refractivity (Wildman–Crippen MR) is 91.5 cm³/mol. The van der Waals surface area contributed by atoms with Crippen molar-refractivity contribution in [3.8, 4) is 0 Å². The molecule has 116 valence electrons. The molecule has 0 bridgehead atoms. The molecule has 7 heteroatoms. The summed E-state index contributed by atoms with van der Waals surface area (Å²) in [5, 5.41) is 6.33. The minimum atomic E-state index is -0.0242. The van der Waals surface area contributed by atoms with E-state index in [0.29, 0.717) is 18.4 Å². The second kappa shape index (κ2) is 10.9. The lowest BCUT2D eigenvalue weighted by molar-refractivity contribution is -0.127. The standard InChI is InChI=1S/C13H24N4O2.HI/c1-4-6-14-13(16-9-12(18)17(2)3)15-8-11-5-7-19-10-11;/h4,11H,1,5-10H2,2-3H3,(H2,14,15,16);1H. The third-order valence-electron chi connectivity index (χ3n) is 2.87. The highest BCUT2D eigenvalue weighted by molar-refractivity contribution is 14.0. The van der Waals surface area contributed by atoms with E-state index < -0.39 is 0 Å². The maximum Gasteiger partial charge on any atom is 0.243 e. The van der Waals surface area contributed by atoms with Crippen molar-refractivity contribution in [1.82, 2.24) is 15.5 Å². The van der Waals surface area contributed by atoms with Crippen LogP contribution in [0.1, 0.15) is 6.42 Å². The summed E-state index contributed by atoms with van der Waals surface area (Å²) in [5.41, 5.74) is 0. The molecule has 1 fully saturated rings. The van der Waals surface area contributed by atoms with Gasteiger partial charge in [0.15, 0.2) is 5.96 Å². The third-order valence-corrected chi connectivity index (χ3v) is 2.87. The van der Waals surface area contributed by atoms with Crippen molar-refractivity contribution in [3.05, 3.63) is 12.7 Å². The molecule has 1 amide bonds. The Hall–Kier alpha value is -0.830. The molecule has 0 aromatic carbocycles. The second-order valence-corrected chi connectivity index (χ2v) is 4.73. The number of rotatable bonds is 6. The molecule has 1 atom stereocenters. The molecule has 1 aliphatic heterocycles. The smallest absolute Gasteiger partial charge is 0.243 e. The summed E-state index contributed by atoms with van der Waals surface area (Å²) in [6.07, 6.45) is 2.82. The van der Waals surface area contributed by atoms with Gasteiger partial charge in [-0.15, -0.1) is 30.6 Å². The molecule has 0 aromatic rings. The van der Waals surface area contributed by atoms with E-state index in [1.165, 1.54) is 4.90 Å². The average molecular weight is 396 g/mol. The number of nitrogens with zero attached hydrogens (tertiary/aromatic N) is 2. The summed E-state index contributed by atoms with van der Waals surface area (Å²) >= 11 is 0. The van der Waals surface area contributed by atoms with Gasteiger partial charge in [0.1, 0.15) is 6.54 Å². The molecule has 1 aliphatic rings. The van der Waals surface area contributed by atoms with Gasteiger partial charge in [0.25, 0.3) is 0 Å². The summed E-state index contributed by atoms with van der Waals surface area (Å²) in [4.78, 5) is 17.3. The Bertz CT molecular complexity index is 328. The van der Waals surface area contributed by atoms with Gasteiger partial charge in [-0.25, -0.2) is 4.99 Å². The van der Waals surface area contributed by atoms with Crippen molar-refractivity contribution >= 4 is 35.8 Å². The summed E-state index contributed by atoms with van der Waals surface area (Å²) in [7, 11) is 3.44. The Morgan fingerprint density at radius 1 is 1.50 bits per heavy atom. The second-order valence-electron chi connectivity index (χ2n) is 4.73. The van der Waals surface area contributed by atoms with Crippen LogP contribution in [-0.4, -0.2) is 63.7 Å². The number of hydrogen-bond donors (Lipinski definition) is 2. The normalized spacial score (nSPS) is 18.1. The molecule has 0 radical (unpaired) electrons. The van der Waals surface area contributed by atoms with Crippen LogP contribution in [0.3, 0.4) is 0 Å². The maximum atomic E-state index is 11.5. The van der Waals surface area contributed by atoms with Gasteiger partial charge in [-0.1, -0.05) is 6.08 Å². The average Bonchev–Trinajstić information content (AvgIpc) is 2.90. The van der Waals surface area contributed by atoms with E-state index in [1.807, 2.05) is 0 Å². The van der Waals surface area contributed by atoms with Crippen LogP contribution in [0, 0.1) is 5.92 Å². The van der Waals surface area contributed by atoms with E-state index in [-0.39, 0.29) is 36.4 Å². The van der Waals surface area contributed by atoms with Crippen molar-refractivity contribution in [3.63, 3.8) is 0 Å². The first-order chi connectivity index (χ1) is 9.13. The lowest BCUT2D eigenvalue weighted by atomic mass is 10.1. The van der Waals surface area contributed by atoms with Crippen molar-refractivity contribution < 1.29 is 9.53 Å². The predicted octanol–water partition coefficient (Wildman–Crippen LogP) is 0.450. The molecule has 1 saturated heterocycles. The Balaban J connectivity index is 0.00000361.